The maximum absolute atomic E-state index is 12.3. The monoisotopic (exact) mass is 303 g/mol. The molecule has 0 aromatic carbocycles. The normalized spacial score (nSPS) is 12.2. The first-order valence-corrected chi connectivity index (χ1v) is 7.27. The maximum atomic E-state index is 12.3. The highest BCUT2D eigenvalue weighted by atomic mass is 16.5. The minimum atomic E-state index is -0.370. The molecule has 7 nitrogen and oxygen atoms in total. The van der Waals surface area contributed by atoms with E-state index in [1.807, 2.05) is 0 Å². The largest absolute Gasteiger partial charge is 0.372 e. The molecular formula is C15H21N5O2. The van der Waals surface area contributed by atoms with Crippen molar-refractivity contribution in [3.05, 3.63) is 35.6 Å². The minimum Gasteiger partial charge on any atom is -0.372 e. The minimum absolute atomic E-state index is 0.242. The molecule has 0 unspecified atom stereocenters. The first-order chi connectivity index (χ1) is 10.5. The van der Waals surface area contributed by atoms with Gasteiger partial charge >= 0.3 is 0 Å². The van der Waals surface area contributed by atoms with Gasteiger partial charge in [0.15, 0.2) is 5.82 Å². The standard InChI is InChI=1S/C15H21N5O2/c1-9(2)8-12-19-15(22-20-12)10(3)18-14(21)11-6-5-7-17-13(11)16-4/h5-7,9-10H,8H2,1-4H3,(H,16,17)(H,18,21)/t10-/m1/s1. The zero-order chi connectivity index (χ0) is 16.1. The highest BCUT2D eigenvalue weighted by molar-refractivity contribution is 5.98. The van der Waals surface area contributed by atoms with Crippen LogP contribution in [0.1, 0.15) is 48.9 Å². The second-order valence-electron chi connectivity index (χ2n) is 5.49. The lowest BCUT2D eigenvalue weighted by molar-refractivity contribution is 0.0933. The topological polar surface area (TPSA) is 92.9 Å². The van der Waals surface area contributed by atoms with E-state index in [-0.39, 0.29) is 11.9 Å². The molecule has 118 valence electrons. The predicted octanol–water partition coefficient (Wildman–Crippen LogP) is 2.20. The first-order valence-electron chi connectivity index (χ1n) is 7.27. The summed E-state index contributed by atoms with van der Waals surface area (Å²) in [4.78, 5) is 20.7. The van der Waals surface area contributed by atoms with Gasteiger partial charge in [-0.25, -0.2) is 4.98 Å². The molecule has 22 heavy (non-hydrogen) atoms. The number of hydrogen-bond donors (Lipinski definition) is 2. The number of aromatic nitrogens is 3. The number of hydrogen-bond acceptors (Lipinski definition) is 6. The molecule has 0 spiro atoms. The Morgan fingerprint density at radius 3 is 2.82 bits per heavy atom. The SMILES string of the molecule is CNc1ncccc1C(=O)N[C@H](C)c1nc(CC(C)C)no1. The zero-order valence-electron chi connectivity index (χ0n) is 13.3. The quantitative estimate of drug-likeness (QED) is 0.849. The van der Waals surface area contributed by atoms with Gasteiger partial charge in [-0.05, 0) is 25.0 Å². The lowest BCUT2D eigenvalue weighted by Crippen LogP contribution is -2.27. The van der Waals surface area contributed by atoms with Crippen LogP contribution in [0.4, 0.5) is 5.82 Å². The van der Waals surface area contributed by atoms with E-state index in [2.05, 4.69) is 39.6 Å². The van der Waals surface area contributed by atoms with Gasteiger partial charge in [0.1, 0.15) is 11.9 Å². The summed E-state index contributed by atoms with van der Waals surface area (Å²) in [5, 5.41) is 9.66. The van der Waals surface area contributed by atoms with E-state index in [9.17, 15) is 4.79 Å². The van der Waals surface area contributed by atoms with Crippen molar-refractivity contribution in [1.29, 1.82) is 0 Å². The number of pyridine rings is 1. The number of nitrogens with zero attached hydrogens (tertiary/aromatic N) is 3. The average Bonchev–Trinajstić information content (AvgIpc) is 2.94. The number of carbonyl (C=O) groups excluding carboxylic acids is 1. The summed E-state index contributed by atoms with van der Waals surface area (Å²) in [6.45, 7) is 5.98. The molecule has 0 fully saturated rings. The average molecular weight is 303 g/mol. The number of amides is 1. The molecule has 0 bridgehead atoms. The highest BCUT2D eigenvalue weighted by Crippen LogP contribution is 2.15. The summed E-state index contributed by atoms with van der Waals surface area (Å²) in [5.41, 5.74) is 0.471. The van der Waals surface area contributed by atoms with Crippen LogP contribution in [-0.2, 0) is 6.42 Å². The first kappa shape index (κ1) is 15.9. The third-order valence-electron chi connectivity index (χ3n) is 3.08. The van der Waals surface area contributed by atoms with E-state index >= 15 is 0 Å². The molecule has 0 aliphatic carbocycles. The van der Waals surface area contributed by atoms with Crippen molar-refractivity contribution in [2.75, 3.05) is 12.4 Å². The summed E-state index contributed by atoms with van der Waals surface area (Å²) in [6.07, 6.45) is 2.37. The van der Waals surface area contributed by atoms with Crippen molar-refractivity contribution in [2.45, 2.75) is 33.2 Å². The van der Waals surface area contributed by atoms with Gasteiger partial charge in [-0.2, -0.15) is 4.98 Å². The van der Waals surface area contributed by atoms with Crippen LogP contribution in [0.25, 0.3) is 0 Å². The molecule has 1 atom stereocenters. The Morgan fingerprint density at radius 1 is 1.36 bits per heavy atom. The third kappa shape index (κ3) is 3.81. The van der Waals surface area contributed by atoms with Crippen LogP contribution in [0, 0.1) is 5.92 Å². The second-order valence-corrected chi connectivity index (χ2v) is 5.49. The Hall–Kier alpha value is -2.44. The number of nitrogens with one attached hydrogen (secondary N) is 2. The van der Waals surface area contributed by atoms with Crippen LogP contribution in [0.15, 0.2) is 22.9 Å². The molecule has 0 radical (unpaired) electrons. The van der Waals surface area contributed by atoms with E-state index < -0.39 is 0 Å². The highest BCUT2D eigenvalue weighted by Gasteiger charge is 2.19. The van der Waals surface area contributed by atoms with Gasteiger partial charge in [-0.3, -0.25) is 4.79 Å². The summed E-state index contributed by atoms with van der Waals surface area (Å²) >= 11 is 0. The van der Waals surface area contributed by atoms with Crippen LogP contribution < -0.4 is 10.6 Å². The van der Waals surface area contributed by atoms with Crippen molar-refractivity contribution in [1.82, 2.24) is 20.4 Å². The van der Waals surface area contributed by atoms with Gasteiger partial charge in [-0.1, -0.05) is 19.0 Å². The molecule has 0 aliphatic rings. The van der Waals surface area contributed by atoms with Crippen LogP contribution in [0.5, 0.6) is 0 Å². The molecule has 7 heteroatoms. The van der Waals surface area contributed by atoms with E-state index in [1.165, 1.54) is 0 Å². The predicted molar refractivity (Wildman–Crippen MR) is 82.5 cm³/mol. The maximum Gasteiger partial charge on any atom is 0.255 e. The number of rotatable bonds is 6. The number of carbonyl (C=O) groups is 1. The third-order valence-corrected chi connectivity index (χ3v) is 3.08. The van der Waals surface area contributed by atoms with Crippen molar-refractivity contribution in [2.24, 2.45) is 5.92 Å². The van der Waals surface area contributed by atoms with E-state index in [1.54, 1.807) is 32.3 Å². The molecule has 2 heterocycles. The molecule has 1 amide bonds. The second kappa shape index (κ2) is 7.02. The van der Waals surface area contributed by atoms with Crippen LogP contribution in [0.2, 0.25) is 0 Å². The Bertz CT molecular complexity index is 638. The summed E-state index contributed by atoms with van der Waals surface area (Å²) in [5.74, 6) is 1.79. The summed E-state index contributed by atoms with van der Waals surface area (Å²) in [6, 6.07) is 3.05. The molecule has 0 aliphatic heterocycles. The molecule has 0 saturated heterocycles. The molecular weight excluding hydrogens is 282 g/mol. The smallest absolute Gasteiger partial charge is 0.255 e. The van der Waals surface area contributed by atoms with Gasteiger partial charge in [0.25, 0.3) is 5.91 Å². The van der Waals surface area contributed by atoms with Gasteiger partial charge < -0.3 is 15.2 Å². The van der Waals surface area contributed by atoms with Crippen LogP contribution in [-0.4, -0.2) is 28.1 Å². The lowest BCUT2D eigenvalue weighted by Gasteiger charge is -2.11. The van der Waals surface area contributed by atoms with Crippen molar-refractivity contribution in [3.63, 3.8) is 0 Å². The fourth-order valence-electron chi connectivity index (χ4n) is 2.02. The van der Waals surface area contributed by atoms with Crippen molar-refractivity contribution >= 4 is 11.7 Å². The number of anilines is 1. The Labute approximate surface area is 129 Å². The van der Waals surface area contributed by atoms with Gasteiger partial charge in [0.05, 0.1) is 5.56 Å². The Morgan fingerprint density at radius 2 is 2.14 bits per heavy atom. The van der Waals surface area contributed by atoms with Crippen molar-refractivity contribution < 1.29 is 9.32 Å². The molecule has 2 aromatic rings. The van der Waals surface area contributed by atoms with Gasteiger partial charge in [0.2, 0.25) is 5.89 Å². The van der Waals surface area contributed by atoms with Gasteiger partial charge in [0, 0.05) is 19.7 Å². The lowest BCUT2D eigenvalue weighted by atomic mass is 10.1. The van der Waals surface area contributed by atoms with Crippen LogP contribution in [0.3, 0.4) is 0 Å². The fourth-order valence-corrected chi connectivity index (χ4v) is 2.02. The van der Waals surface area contributed by atoms with E-state index in [0.29, 0.717) is 29.0 Å². The van der Waals surface area contributed by atoms with Crippen molar-refractivity contribution in [3.8, 4) is 0 Å². The summed E-state index contributed by atoms with van der Waals surface area (Å²) in [7, 11) is 1.72. The fraction of sp³-hybridized carbons (Fsp3) is 0.467. The molecule has 2 rings (SSSR count). The molecule has 2 aromatic heterocycles. The van der Waals surface area contributed by atoms with Gasteiger partial charge in [-0.15, -0.1) is 0 Å². The van der Waals surface area contributed by atoms with E-state index in [0.717, 1.165) is 6.42 Å². The Kier molecular flexibility index (Phi) is 5.08. The van der Waals surface area contributed by atoms with Crippen LogP contribution >= 0.6 is 0 Å². The molecule has 0 saturated carbocycles. The Balaban J connectivity index is 2.06. The van der Waals surface area contributed by atoms with E-state index in [4.69, 9.17) is 4.52 Å². The zero-order valence-corrected chi connectivity index (χ0v) is 13.3. The summed E-state index contributed by atoms with van der Waals surface area (Å²) < 4.78 is 5.21. The molecule has 2 N–H and O–H groups in total.